The van der Waals surface area contributed by atoms with E-state index in [2.05, 4.69) is 20.8 Å². The van der Waals surface area contributed by atoms with Crippen molar-refractivity contribution in [2.75, 3.05) is 0 Å². The summed E-state index contributed by atoms with van der Waals surface area (Å²) in [5, 5.41) is 0. The van der Waals surface area contributed by atoms with Gasteiger partial charge in [-0.15, -0.1) is 0 Å². The highest BCUT2D eigenvalue weighted by Crippen LogP contribution is 2.59. The van der Waals surface area contributed by atoms with E-state index < -0.39 is 0 Å². The standard InChI is InChI=1S/C20H24N4O2/c25-18(8-17-21-15-3-1-2-4-16(15)22-17)23-24-19(26)20-9-12-5-13(10-20)7-14(6-12)11-20/h1-4,12-14H,5-11H2,(H,21,22)(H,23,25)(H,24,26). The largest absolute Gasteiger partial charge is 0.342 e. The molecule has 6 nitrogen and oxygen atoms in total. The quantitative estimate of drug-likeness (QED) is 0.742. The summed E-state index contributed by atoms with van der Waals surface area (Å²) in [6.07, 6.45) is 6.98. The van der Waals surface area contributed by atoms with Gasteiger partial charge in [-0.2, -0.15) is 0 Å². The summed E-state index contributed by atoms with van der Waals surface area (Å²) in [7, 11) is 0. The molecule has 2 aromatic rings. The van der Waals surface area contributed by atoms with Gasteiger partial charge in [0.2, 0.25) is 11.8 Å². The fourth-order valence-electron chi connectivity index (χ4n) is 5.93. The van der Waals surface area contributed by atoms with Crippen molar-refractivity contribution in [3.63, 3.8) is 0 Å². The third-order valence-corrected chi connectivity index (χ3v) is 6.60. The van der Waals surface area contributed by atoms with Gasteiger partial charge in [0.1, 0.15) is 5.82 Å². The van der Waals surface area contributed by atoms with Crippen LogP contribution >= 0.6 is 0 Å². The molecular formula is C20H24N4O2. The van der Waals surface area contributed by atoms with Crippen molar-refractivity contribution >= 4 is 22.8 Å². The third-order valence-electron chi connectivity index (χ3n) is 6.60. The van der Waals surface area contributed by atoms with Gasteiger partial charge in [0, 0.05) is 0 Å². The molecule has 4 saturated carbocycles. The van der Waals surface area contributed by atoms with Crippen LogP contribution in [0.25, 0.3) is 11.0 Å². The molecule has 1 heterocycles. The van der Waals surface area contributed by atoms with E-state index in [0.717, 1.165) is 30.3 Å². The molecule has 2 amide bonds. The summed E-state index contributed by atoms with van der Waals surface area (Å²) in [6, 6.07) is 7.68. The van der Waals surface area contributed by atoms with Crippen molar-refractivity contribution in [3.05, 3.63) is 30.1 Å². The Morgan fingerprint density at radius 1 is 1.04 bits per heavy atom. The molecule has 4 aliphatic carbocycles. The first-order valence-corrected chi connectivity index (χ1v) is 9.62. The average Bonchev–Trinajstić information content (AvgIpc) is 3.00. The Labute approximate surface area is 152 Å². The van der Waals surface area contributed by atoms with Crippen molar-refractivity contribution in [3.8, 4) is 0 Å². The lowest BCUT2D eigenvalue weighted by Crippen LogP contribution is -2.56. The van der Waals surface area contributed by atoms with Gasteiger partial charge in [0.05, 0.1) is 22.9 Å². The maximum Gasteiger partial charge on any atom is 0.245 e. The topological polar surface area (TPSA) is 86.9 Å². The number of aromatic nitrogens is 2. The zero-order valence-corrected chi connectivity index (χ0v) is 14.8. The van der Waals surface area contributed by atoms with Crippen LogP contribution in [0.3, 0.4) is 0 Å². The molecule has 0 spiro atoms. The van der Waals surface area contributed by atoms with E-state index in [1.165, 1.54) is 19.3 Å². The maximum atomic E-state index is 12.8. The monoisotopic (exact) mass is 352 g/mol. The predicted molar refractivity (Wildman–Crippen MR) is 96.7 cm³/mol. The number of benzene rings is 1. The number of fused-ring (bicyclic) bond motifs is 1. The van der Waals surface area contributed by atoms with E-state index in [0.29, 0.717) is 23.6 Å². The van der Waals surface area contributed by atoms with Crippen LogP contribution in [-0.4, -0.2) is 21.8 Å². The minimum absolute atomic E-state index is 0.00885. The lowest BCUT2D eigenvalue weighted by molar-refractivity contribution is -0.148. The van der Waals surface area contributed by atoms with Crippen LogP contribution in [0.15, 0.2) is 24.3 Å². The average molecular weight is 352 g/mol. The van der Waals surface area contributed by atoms with Crippen molar-refractivity contribution in [1.82, 2.24) is 20.8 Å². The van der Waals surface area contributed by atoms with Gasteiger partial charge >= 0.3 is 0 Å². The smallest absolute Gasteiger partial charge is 0.245 e. The van der Waals surface area contributed by atoms with Gasteiger partial charge in [0.25, 0.3) is 0 Å². The molecule has 0 aliphatic heterocycles. The highest BCUT2D eigenvalue weighted by Gasteiger charge is 2.54. The van der Waals surface area contributed by atoms with Crippen LogP contribution in [0.2, 0.25) is 0 Å². The molecule has 4 aliphatic rings. The predicted octanol–water partition coefficient (Wildman–Crippen LogP) is 2.47. The van der Waals surface area contributed by atoms with Gasteiger partial charge in [-0.25, -0.2) is 4.98 Å². The van der Waals surface area contributed by atoms with Gasteiger partial charge in [-0.05, 0) is 68.4 Å². The highest BCUT2D eigenvalue weighted by molar-refractivity contribution is 5.87. The molecule has 0 atom stereocenters. The van der Waals surface area contributed by atoms with Gasteiger partial charge in [-0.3, -0.25) is 20.4 Å². The van der Waals surface area contributed by atoms with Gasteiger partial charge in [0.15, 0.2) is 0 Å². The third kappa shape index (κ3) is 2.68. The lowest BCUT2D eigenvalue weighted by Gasteiger charge is -2.55. The normalized spacial score (nSPS) is 31.9. The number of rotatable bonds is 3. The molecule has 6 heteroatoms. The molecule has 136 valence electrons. The number of nitrogens with zero attached hydrogens (tertiary/aromatic N) is 1. The number of H-pyrrole nitrogens is 1. The van der Waals surface area contributed by atoms with E-state index in [-0.39, 0.29) is 23.7 Å². The van der Waals surface area contributed by atoms with Crippen molar-refractivity contribution in [2.45, 2.75) is 44.9 Å². The van der Waals surface area contributed by atoms with Crippen LogP contribution < -0.4 is 10.9 Å². The van der Waals surface area contributed by atoms with Crippen molar-refractivity contribution in [1.29, 1.82) is 0 Å². The number of hydrazine groups is 1. The molecule has 3 N–H and O–H groups in total. The van der Waals surface area contributed by atoms with E-state index in [9.17, 15) is 9.59 Å². The molecule has 26 heavy (non-hydrogen) atoms. The number of hydrogen-bond donors (Lipinski definition) is 3. The highest BCUT2D eigenvalue weighted by atomic mass is 16.2. The molecule has 4 fully saturated rings. The maximum absolute atomic E-state index is 12.8. The first-order chi connectivity index (χ1) is 12.6. The molecule has 1 aromatic carbocycles. The molecule has 0 unspecified atom stereocenters. The second-order valence-corrected chi connectivity index (χ2v) is 8.58. The Bertz CT molecular complexity index is 803. The molecule has 6 rings (SSSR count). The van der Waals surface area contributed by atoms with Crippen LogP contribution in [0.4, 0.5) is 0 Å². The number of hydrogen-bond acceptors (Lipinski definition) is 3. The summed E-state index contributed by atoms with van der Waals surface area (Å²) in [5.41, 5.74) is 6.82. The first kappa shape index (κ1) is 15.9. The number of aromatic amines is 1. The summed E-state index contributed by atoms with van der Waals surface area (Å²) < 4.78 is 0. The lowest BCUT2D eigenvalue weighted by atomic mass is 9.49. The molecule has 1 aromatic heterocycles. The van der Waals surface area contributed by atoms with Crippen LogP contribution in [0.5, 0.6) is 0 Å². The Morgan fingerprint density at radius 2 is 1.69 bits per heavy atom. The van der Waals surface area contributed by atoms with E-state index in [4.69, 9.17) is 0 Å². The van der Waals surface area contributed by atoms with E-state index >= 15 is 0 Å². The number of carbonyl (C=O) groups is 2. The zero-order chi connectivity index (χ0) is 17.7. The molecular weight excluding hydrogens is 328 g/mol. The minimum atomic E-state index is -0.249. The fraction of sp³-hybridized carbons (Fsp3) is 0.550. The number of carbonyl (C=O) groups excluding carboxylic acids is 2. The summed E-state index contributed by atoms with van der Waals surface area (Å²) >= 11 is 0. The summed E-state index contributed by atoms with van der Waals surface area (Å²) in [6.45, 7) is 0. The Hall–Kier alpha value is -2.37. The van der Waals surface area contributed by atoms with Crippen molar-refractivity contribution < 1.29 is 9.59 Å². The van der Waals surface area contributed by atoms with Gasteiger partial charge in [-0.1, -0.05) is 12.1 Å². The summed E-state index contributed by atoms with van der Waals surface area (Å²) in [5.74, 6) is 2.49. The Balaban J connectivity index is 1.20. The minimum Gasteiger partial charge on any atom is -0.342 e. The SMILES string of the molecule is O=C(Cc1nc2ccccc2[nH]1)NNC(=O)C12CC3CC(CC(C3)C1)C2. The summed E-state index contributed by atoms with van der Waals surface area (Å²) in [4.78, 5) is 32.6. The number of imidazole rings is 1. The fourth-order valence-corrected chi connectivity index (χ4v) is 5.93. The van der Waals surface area contributed by atoms with E-state index in [1.807, 2.05) is 24.3 Å². The van der Waals surface area contributed by atoms with Gasteiger partial charge < -0.3 is 4.98 Å². The van der Waals surface area contributed by atoms with Crippen LogP contribution in [0.1, 0.15) is 44.3 Å². The van der Waals surface area contributed by atoms with Crippen LogP contribution in [-0.2, 0) is 16.0 Å². The first-order valence-electron chi connectivity index (χ1n) is 9.62. The number of amides is 2. The molecule has 0 radical (unpaired) electrons. The second kappa shape index (κ2) is 5.83. The zero-order valence-electron chi connectivity index (χ0n) is 14.8. The Kier molecular flexibility index (Phi) is 3.55. The molecule has 0 saturated heterocycles. The van der Waals surface area contributed by atoms with Crippen molar-refractivity contribution in [2.24, 2.45) is 23.2 Å². The second-order valence-electron chi connectivity index (χ2n) is 8.58. The number of para-hydroxylation sites is 2. The van der Waals surface area contributed by atoms with E-state index in [1.54, 1.807) is 0 Å². The number of nitrogens with one attached hydrogen (secondary N) is 3. The van der Waals surface area contributed by atoms with Crippen LogP contribution in [0, 0.1) is 23.2 Å². The molecule has 4 bridgehead atoms. The Morgan fingerprint density at radius 3 is 2.35 bits per heavy atom.